The van der Waals surface area contributed by atoms with Gasteiger partial charge in [0.25, 0.3) is 0 Å². The summed E-state index contributed by atoms with van der Waals surface area (Å²) in [5, 5.41) is 0. The molecule has 2 rings (SSSR count). The molecule has 0 aliphatic heterocycles. The third kappa shape index (κ3) is 5.31. The Labute approximate surface area is 151 Å². The fourth-order valence-corrected chi connectivity index (χ4v) is 1.96. The molecule has 0 spiro atoms. The van der Waals surface area contributed by atoms with Gasteiger partial charge in [0, 0.05) is 23.6 Å². The second-order valence-electron chi connectivity index (χ2n) is 5.44. The minimum atomic E-state index is -1.12. The van der Waals surface area contributed by atoms with Crippen molar-refractivity contribution < 1.29 is 28.6 Å². The molecule has 0 fully saturated rings. The molecule has 0 saturated carbocycles. The zero-order valence-corrected chi connectivity index (χ0v) is 14.4. The molecule has 2 aromatic rings. The van der Waals surface area contributed by atoms with Gasteiger partial charge in [0.05, 0.1) is 0 Å². The lowest BCUT2D eigenvalue weighted by molar-refractivity contribution is -0.161. The van der Waals surface area contributed by atoms with Crippen LogP contribution in [-0.4, -0.2) is 24.2 Å². The van der Waals surface area contributed by atoms with Crippen LogP contribution in [0, 0.1) is 0 Å². The predicted molar refractivity (Wildman–Crippen MR) is 93.8 cm³/mol. The highest BCUT2D eigenvalue weighted by atomic mass is 16.8. The quantitative estimate of drug-likeness (QED) is 0.257. The Bertz CT molecular complexity index is 808. The number of hydrogen-bond donors (Lipinski definition) is 0. The molecular formula is C20H18O6. The minimum Gasteiger partial charge on any atom is -0.422 e. The number of ketones is 1. The Kier molecular flexibility index (Phi) is 6.27. The molecule has 134 valence electrons. The van der Waals surface area contributed by atoms with Crippen molar-refractivity contribution in [1.82, 2.24) is 0 Å². The second kappa shape index (κ2) is 8.62. The zero-order chi connectivity index (χ0) is 19.1. The van der Waals surface area contributed by atoms with Gasteiger partial charge in [-0.15, -0.1) is 0 Å². The van der Waals surface area contributed by atoms with Gasteiger partial charge >= 0.3 is 12.1 Å². The number of carbonyl (C=O) groups excluding carboxylic acids is 3. The van der Waals surface area contributed by atoms with Crippen LogP contribution in [0.2, 0.25) is 0 Å². The average Bonchev–Trinajstić information content (AvgIpc) is 2.62. The molecule has 6 heteroatoms. The van der Waals surface area contributed by atoms with Gasteiger partial charge in [-0.1, -0.05) is 36.9 Å². The maximum atomic E-state index is 12.3. The molecule has 1 atom stereocenters. The molecule has 0 N–H and O–H groups in total. The van der Waals surface area contributed by atoms with Crippen LogP contribution >= 0.6 is 0 Å². The van der Waals surface area contributed by atoms with Crippen LogP contribution in [0.1, 0.15) is 29.8 Å². The van der Waals surface area contributed by atoms with Crippen molar-refractivity contribution in [3.05, 3.63) is 77.9 Å². The van der Waals surface area contributed by atoms with E-state index in [-0.39, 0.29) is 17.1 Å². The molecule has 6 nitrogen and oxygen atoms in total. The van der Waals surface area contributed by atoms with Gasteiger partial charge in [-0.05, 0) is 31.2 Å². The Morgan fingerprint density at radius 1 is 0.885 bits per heavy atom. The molecule has 0 amide bonds. The first kappa shape index (κ1) is 18.9. The maximum Gasteiger partial charge on any atom is 0.516 e. The normalized spacial score (nSPS) is 11.2. The first-order chi connectivity index (χ1) is 12.4. The lowest BCUT2D eigenvalue weighted by Crippen LogP contribution is -2.23. The van der Waals surface area contributed by atoms with E-state index in [0.29, 0.717) is 11.1 Å². The Balaban J connectivity index is 1.92. The average molecular weight is 354 g/mol. The molecule has 26 heavy (non-hydrogen) atoms. The number of hydrogen-bond acceptors (Lipinski definition) is 6. The van der Waals surface area contributed by atoms with E-state index in [1.807, 2.05) is 6.07 Å². The molecule has 1 unspecified atom stereocenters. The molecule has 0 radical (unpaired) electrons. The molecule has 2 aromatic carbocycles. The van der Waals surface area contributed by atoms with Crippen molar-refractivity contribution >= 4 is 17.9 Å². The van der Waals surface area contributed by atoms with Crippen LogP contribution in [0.4, 0.5) is 4.79 Å². The monoisotopic (exact) mass is 354 g/mol. The third-order valence-corrected chi connectivity index (χ3v) is 3.24. The van der Waals surface area contributed by atoms with Gasteiger partial charge < -0.3 is 14.2 Å². The van der Waals surface area contributed by atoms with Gasteiger partial charge in [-0.2, -0.15) is 0 Å². The fourth-order valence-electron chi connectivity index (χ4n) is 1.96. The zero-order valence-electron chi connectivity index (χ0n) is 14.4. The summed E-state index contributed by atoms with van der Waals surface area (Å²) < 4.78 is 14.6. The van der Waals surface area contributed by atoms with Gasteiger partial charge in [0.1, 0.15) is 5.75 Å². The van der Waals surface area contributed by atoms with E-state index in [9.17, 15) is 14.4 Å². The fraction of sp³-hybridized carbons (Fsp3) is 0.150. The standard InChI is InChI=1S/C20H18O6/c1-13(2)19(22)24-14(3)25-20(23)26-17-11-9-16(10-12-17)18(21)15-7-5-4-6-8-15/h4-12,14H,1H2,2-3H3. The van der Waals surface area contributed by atoms with Gasteiger partial charge in [-0.25, -0.2) is 9.59 Å². The van der Waals surface area contributed by atoms with E-state index < -0.39 is 18.4 Å². The van der Waals surface area contributed by atoms with Gasteiger partial charge in [-0.3, -0.25) is 4.79 Å². The topological polar surface area (TPSA) is 78.9 Å². The maximum absolute atomic E-state index is 12.3. The molecular weight excluding hydrogens is 336 g/mol. The molecule has 0 heterocycles. The summed E-state index contributed by atoms with van der Waals surface area (Å²) in [6.45, 7) is 6.28. The number of esters is 1. The van der Waals surface area contributed by atoms with E-state index in [1.165, 1.54) is 26.0 Å². The highest BCUT2D eigenvalue weighted by Gasteiger charge is 2.16. The lowest BCUT2D eigenvalue weighted by atomic mass is 10.0. The van der Waals surface area contributed by atoms with E-state index in [0.717, 1.165) is 0 Å². The number of rotatable bonds is 6. The summed E-state index contributed by atoms with van der Waals surface area (Å²) in [6, 6.07) is 14.9. The van der Waals surface area contributed by atoms with Crippen LogP contribution < -0.4 is 4.74 Å². The smallest absolute Gasteiger partial charge is 0.422 e. The summed E-state index contributed by atoms with van der Waals surface area (Å²) in [4.78, 5) is 35.3. The predicted octanol–water partition coefficient (Wildman–Crippen LogP) is 3.90. The first-order valence-corrected chi connectivity index (χ1v) is 7.81. The van der Waals surface area contributed by atoms with E-state index in [1.54, 1.807) is 36.4 Å². The van der Waals surface area contributed by atoms with Crippen LogP contribution in [0.3, 0.4) is 0 Å². The lowest BCUT2D eigenvalue weighted by Gasteiger charge is -2.13. The third-order valence-electron chi connectivity index (χ3n) is 3.24. The van der Waals surface area contributed by atoms with E-state index >= 15 is 0 Å². The molecule has 0 saturated heterocycles. The van der Waals surface area contributed by atoms with Crippen molar-refractivity contribution in [3.8, 4) is 5.75 Å². The number of carbonyl (C=O) groups is 3. The molecule has 0 aliphatic carbocycles. The minimum absolute atomic E-state index is 0.139. The van der Waals surface area contributed by atoms with Gasteiger partial charge in [0.2, 0.25) is 6.29 Å². The first-order valence-electron chi connectivity index (χ1n) is 7.81. The second-order valence-corrected chi connectivity index (χ2v) is 5.44. The summed E-state index contributed by atoms with van der Waals surface area (Å²) in [7, 11) is 0. The Morgan fingerprint density at radius 3 is 2.04 bits per heavy atom. The highest BCUT2D eigenvalue weighted by molar-refractivity contribution is 6.09. The summed E-state index contributed by atoms with van der Waals surface area (Å²) >= 11 is 0. The van der Waals surface area contributed by atoms with Crippen molar-refractivity contribution in [2.24, 2.45) is 0 Å². The van der Waals surface area contributed by atoms with Crippen molar-refractivity contribution in [1.29, 1.82) is 0 Å². The number of benzene rings is 2. The molecule has 0 bridgehead atoms. The van der Waals surface area contributed by atoms with Gasteiger partial charge in [0.15, 0.2) is 5.78 Å². The Hall–Kier alpha value is -3.41. The summed E-state index contributed by atoms with van der Waals surface area (Å²) in [5.74, 6) is -0.618. The SMILES string of the molecule is C=C(C)C(=O)OC(C)OC(=O)Oc1ccc(C(=O)c2ccccc2)cc1. The number of ether oxygens (including phenoxy) is 3. The van der Waals surface area contributed by atoms with Crippen molar-refractivity contribution in [2.45, 2.75) is 20.1 Å². The molecule has 0 aliphatic rings. The van der Waals surface area contributed by atoms with Crippen molar-refractivity contribution in [3.63, 3.8) is 0 Å². The largest absolute Gasteiger partial charge is 0.516 e. The van der Waals surface area contributed by atoms with E-state index in [4.69, 9.17) is 14.2 Å². The highest BCUT2D eigenvalue weighted by Crippen LogP contribution is 2.16. The Morgan fingerprint density at radius 2 is 1.46 bits per heavy atom. The van der Waals surface area contributed by atoms with Crippen LogP contribution in [0.25, 0.3) is 0 Å². The van der Waals surface area contributed by atoms with Crippen LogP contribution in [0.15, 0.2) is 66.7 Å². The van der Waals surface area contributed by atoms with Crippen molar-refractivity contribution in [2.75, 3.05) is 0 Å². The summed E-state index contributed by atoms with van der Waals surface area (Å²) in [5.41, 5.74) is 1.21. The van der Waals surface area contributed by atoms with Crippen LogP contribution in [0.5, 0.6) is 5.75 Å². The van der Waals surface area contributed by atoms with E-state index in [2.05, 4.69) is 6.58 Å². The molecule has 0 aromatic heterocycles. The summed E-state index contributed by atoms with van der Waals surface area (Å²) in [6.07, 6.45) is -2.15. The van der Waals surface area contributed by atoms with Crippen LogP contribution in [-0.2, 0) is 14.3 Å².